The van der Waals surface area contributed by atoms with E-state index in [1.54, 1.807) is 13.3 Å². The molecule has 0 radical (unpaired) electrons. The first kappa shape index (κ1) is 17.9. The molecule has 0 fully saturated rings. The first-order chi connectivity index (χ1) is 14.8. The average Bonchev–Trinajstić information content (AvgIpc) is 3.27. The fourth-order valence-electron chi connectivity index (χ4n) is 3.42. The van der Waals surface area contributed by atoms with Crippen molar-refractivity contribution in [2.45, 2.75) is 0 Å². The Bertz CT molecular complexity index is 1310. The van der Waals surface area contributed by atoms with Crippen LogP contribution in [0.1, 0.15) is 0 Å². The fourth-order valence-corrected chi connectivity index (χ4v) is 3.42. The first-order valence-corrected chi connectivity index (χ1v) is 9.50. The van der Waals surface area contributed by atoms with Crippen molar-refractivity contribution in [3.8, 4) is 28.3 Å². The smallest absolute Gasteiger partial charge is 0.320 e. The number of methoxy groups -OCH3 is 1. The highest BCUT2D eigenvalue weighted by atomic mass is 16.5. The van der Waals surface area contributed by atoms with Gasteiger partial charge in [-0.05, 0) is 53.6 Å². The quantitative estimate of drug-likeness (QED) is 0.412. The van der Waals surface area contributed by atoms with Gasteiger partial charge in [-0.3, -0.25) is 4.98 Å². The summed E-state index contributed by atoms with van der Waals surface area (Å²) in [7, 11) is 1.65. The van der Waals surface area contributed by atoms with Crippen LogP contribution in [0.4, 0.5) is 11.7 Å². The molecule has 0 bridgehead atoms. The zero-order valence-electron chi connectivity index (χ0n) is 16.2. The minimum atomic E-state index is 0.331. The molecule has 5 aromatic rings. The van der Waals surface area contributed by atoms with E-state index in [1.807, 2.05) is 72.8 Å². The second-order valence-electron chi connectivity index (χ2n) is 6.69. The number of rotatable bonds is 5. The lowest BCUT2D eigenvalue weighted by atomic mass is 9.96. The lowest BCUT2D eigenvalue weighted by Crippen LogP contribution is -1.91. The predicted octanol–water partition coefficient (Wildman–Crippen LogP) is 5.70. The molecule has 30 heavy (non-hydrogen) atoms. The molecule has 0 unspecified atom stereocenters. The third-order valence-electron chi connectivity index (χ3n) is 4.85. The van der Waals surface area contributed by atoms with Crippen LogP contribution in [-0.2, 0) is 0 Å². The third-order valence-corrected chi connectivity index (χ3v) is 4.85. The molecule has 0 aliphatic carbocycles. The number of fused-ring (bicyclic) bond motifs is 1. The van der Waals surface area contributed by atoms with Gasteiger partial charge in [-0.15, -0.1) is 5.10 Å². The van der Waals surface area contributed by atoms with Crippen LogP contribution in [0, 0.1) is 0 Å². The molecule has 0 aliphatic rings. The van der Waals surface area contributed by atoms with E-state index in [4.69, 9.17) is 9.15 Å². The number of anilines is 2. The Labute approximate surface area is 173 Å². The van der Waals surface area contributed by atoms with E-state index < -0.39 is 0 Å². The highest BCUT2D eigenvalue weighted by Gasteiger charge is 2.17. The van der Waals surface area contributed by atoms with Gasteiger partial charge in [0, 0.05) is 22.8 Å². The molecule has 0 saturated heterocycles. The molecule has 146 valence electrons. The van der Waals surface area contributed by atoms with Gasteiger partial charge >= 0.3 is 6.01 Å². The minimum Gasteiger partial charge on any atom is -0.497 e. The maximum Gasteiger partial charge on any atom is 0.320 e. The summed E-state index contributed by atoms with van der Waals surface area (Å²) >= 11 is 0. The summed E-state index contributed by atoms with van der Waals surface area (Å²) in [6.45, 7) is 0. The van der Waals surface area contributed by atoms with Crippen molar-refractivity contribution in [3.05, 3.63) is 85.1 Å². The number of hydrogen-bond acceptors (Lipinski definition) is 6. The van der Waals surface area contributed by atoms with Gasteiger partial charge in [0.1, 0.15) is 5.75 Å². The normalized spacial score (nSPS) is 10.8. The fraction of sp³-hybridized carbons (Fsp3) is 0.0417. The van der Waals surface area contributed by atoms with Crippen LogP contribution in [0.3, 0.4) is 0 Å². The maximum absolute atomic E-state index is 5.93. The van der Waals surface area contributed by atoms with E-state index in [0.29, 0.717) is 11.9 Å². The van der Waals surface area contributed by atoms with Gasteiger partial charge in [-0.2, -0.15) is 0 Å². The summed E-state index contributed by atoms with van der Waals surface area (Å²) in [5.41, 5.74) is 4.57. The standard InChI is InChI=1S/C24H18N4O2/c1-29-17-11-12-20(23-27-28-24(30-23)26-16-7-3-2-4-8-16)21(15-17)18-13-14-25-22-10-6-5-9-19(18)22/h2-15H,1H3,(H,26,28). The van der Waals surface area contributed by atoms with E-state index in [1.165, 1.54) is 0 Å². The molecule has 0 saturated carbocycles. The largest absolute Gasteiger partial charge is 0.497 e. The summed E-state index contributed by atoms with van der Waals surface area (Å²) in [5, 5.41) is 12.6. The maximum atomic E-state index is 5.93. The molecule has 0 atom stereocenters. The molecule has 0 spiro atoms. The van der Waals surface area contributed by atoms with Crippen LogP contribution in [0.15, 0.2) is 89.5 Å². The highest BCUT2D eigenvalue weighted by molar-refractivity contribution is 5.98. The zero-order chi connectivity index (χ0) is 20.3. The molecule has 1 N–H and O–H groups in total. The molecule has 6 heteroatoms. The monoisotopic (exact) mass is 394 g/mol. The van der Waals surface area contributed by atoms with Crippen molar-refractivity contribution in [1.82, 2.24) is 15.2 Å². The SMILES string of the molecule is COc1ccc(-c2nnc(Nc3ccccc3)o2)c(-c2ccnc3ccccc23)c1. The average molecular weight is 394 g/mol. The Hall–Kier alpha value is -4.19. The highest BCUT2D eigenvalue weighted by Crippen LogP contribution is 2.38. The summed E-state index contributed by atoms with van der Waals surface area (Å²) in [6, 6.07) is 25.8. The van der Waals surface area contributed by atoms with Crippen molar-refractivity contribution in [2.75, 3.05) is 12.4 Å². The van der Waals surface area contributed by atoms with E-state index in [-0.39, 0.29) is 0 Å². The number of hydrogen-bond donors (Lipinski definition) is 1. The minimum absolute atomic E-state index is 0.331. The third kappa shape index (κ3) is 3.35. The van der Waals surface area contributed by atoms with Crippen LogP contribution in [-0.4, -0.2) is 22.3 Å². The topological polar surface area (TPSA) is 73.1 Å². The van der Waals surface area contributed by atoms with Gasteiger partial charge < -0.3 is 14.5 Å². The Morgan fingerprint density at radius 1 is 0.800 bits per heavy atom. The molecular formula is C24H18N4O2. The van der Waals surface area contributed by atoms with Crippen LogP contribution >= 0.6 is 0 Å². The van der Waals surface area contributed by atoms with Gasteiger partial charge in [0.15, 0.2) is 0 Å². The van der Waals surface area contributed by atoms with Crippen molar-refractivity contribution in [1.29, 1.82) is 0 Å². The molecule has 6 nitrogen and oxygen atoms in total. The van der Waals surface area contributed by atoms with Crippen LogP contribution in [0.25, 0.3) is 33.5 Å². The van der Waals surface area contributed by atoms with Gasteiger partial charge in [-0.25, -0.2) is 0 Å². The summed E-state index contributed by atoms with van der Waals surface area (Å²) < 4.78 is 11.4. The predicted molar refractivity (Wildman–Crippen MR) is 117 cm³/mol. The number of nitrogens with one attached hydrogen (secondary N) is 1. The molecule has 5 rings (SSSR count). The molecule has 2 heterocycles. The second kappa shape index (κ2) is 7.67. The molecule has 2 aromatic heterocycles. The van der Waals surface area contributed by atoms with E-state index in [9.17, 15) is 0 Å². The second-order valence-corrected chi connectivity index (χ2v) is 6.69. The Balaban J connectivity index is 1.62. The van der Waals surface area contributed by atoms with Crippen molar-refractivity contribution in [2.24, 2.45) is 0 Å². The van der Waals surface area contributed by atoms with Gasteiger partial charge in [0.05, 0.1) is 12.6 Å². The zero-order valence-corrected chi connectivity index (χ0v) is 16.2. The van der Waals surface area contributed by atoms with Crippen molar-refractivity contribution < 1.29 is 9.15 Å². The molecule has 0 amide bonds. The van der Waals surface area contributed by atoms with E-state index in [2.05, 4.69) is 26.6 Å². The molecular weight excluding hydrogens is 376 g/mol. The number of pyridine rings is 1. The van der Waals surface area contributed by atoms with E-state index in [0.717, 1.165) is 39.0 Å². The van der Waals surface area contributed by atoms with Crippen molar-refractivity contribution in [3.63, 3.8) is 0 Å². The summed E-state index contributed by atoms with van der Waals surface area (Å²) in [4.78, 5) is 4.47. The van der Waals surface area contributed by atoms with Crippen LogP contribution < -0.4 is 10.1 Å². The Morgan fingerprint density at radius 3 is 2.50 bits per heavy atom. The van der Waals surface area contributed by atoms with Crippen LogP contribution in [0.2, 0.25) is 0 Å². The first-order valence-electron chi connectivity index (χ1n) is 9.50. The number of benzene rings is 3. The number of aromatic nitrogens is 3. The number of nitrogens with zero attached hydrogens (tertiary/aromatic N) is 3. The summed E-state index contributed by atoms with van der Waals surface area (Å²) in [5.74, 6) is 1.17. The lowest BCUT2D eigenvalue weighted by molar-refractivity contribution is 0.415. The van der Waals surface area contributed by atoms with Crippen LogP contribution in [0.5, 0.6) is 5.75 Å². The number of ether oxygens (including phenoxy) is 1. The summed E-state index contributed by atoms with van der Waals surface area (Å²) in [6.07, 6.45) is 1.80. The Morgan fingerprint density at radius 2 is 1.63 bits per heavy atom. The Kier molecular flexibility index (Phi) is 4.57. The molecule has 0 aliphatic heterocycles. The van der Waals surface area contributed by atoms with Gasteiger partial charge in [0.2, 0.25) is 5.89 Å². The molecule has 3 aromatic carbocycles. The van der Waals surface area contributed by atoms with Gasteiger partial charge in [-0.1, -0.05) is 41.5 Å². The lowest BCUT2D eigenvalue weighted by Gasteiger charge is -2.11. The van der Waals surface area contributed by atoms with E-state index >= 15 is 0 Å². The van der Waals surface area contributed by atoms with Gasteiger partial charge in [0.25, 0.3) is 0 Å². The number of para-hydroxylation sites is 2. The van der Waals surface area contributed by atoms with Crippen molar-refractivity contribution >= 4 is 22.6 Å².